The summed E-state index contributed by atoms with van der Waals surface area (Å²) in [4.78, 5) is 0. The number of halogens is 1. The first-order valence-electron chi connectivity index (χ1n) is 6.19. The molecule has 2 aromatic rings. The summed E-state index contributed by atoms with van der Waals surface area (Å²) in [6.07, 6.45) is 3.97. The van der Waals surface area contributed by atoms with Crippen molar-refractivity contribution in [1.29, 1.82) is 0 Å². The van der Waals surface area contributed by atoms with Crippen LogP contribution >= 0.6 is 11.6 Å². The molecule has 0 aliphatic rings. The van der Waals surface area contributed by atoms with Crippen molar-refractivity contribution in [2.24, 2.45) is 0 Å². The highest BCUT2D eigenvalue weighted by atomic mass is 35.5. The molecule has 1 aromatic heterocycles. The zero-order chi connectivity index (χ0) is 13.0. The first-order chi connectivity index (χ1) is 8.69. The second-order valence-corrected chi connectivity index (χ2v) is 4.80. The van der Waals surface area contributed by atoms with E-state index in [2.05, 4.69) is 36.5 Å². The van der Waals surface area contributed by atoms with Crippen LogP contribution < -0.4 is 5.32 Å². The van der Waals surface area contributed by atoms with E-state index >= 15 is 0 Å². The molecule has 0 aliphatic heterocycles. The molecule has 96 valence electrons. The van der Waals surface area contributed by atoms with Gasteiger partial charge in [-0.1, -0.05) is 23.7 Å². The number of hydrogen-bond acceptors (Lipinski definition) is 2. The standard InChI is InChI=1S/C14H18ClN3/c1-3-18-10-12(9-17-18)8-16-11(2)13-5-4-6-14(15)7-13/h4-7,9-11,16H,3,8H2,1-2H3/t11-/m0/s1. The average Bonchev–Trinajstić information content (AvgIpc) is 2.84. The SMILES string of the molecule is CCn1cc(CN[C@@H](C)c2cccc(Cl)c2)cn1. The smallest absolute Gasteiger partial charge is 0.0534 e. The van der Waals surface area contributed by atoms with Gasteiger partial charge in [0.05, 0.1) is 6.20 Å². The molecule has 0 spiro atoms. The molecule has 0 amide bonds. The Hall–Kier alpha value is -1.32. The second kappa shape index (κ2) is 6.03. The van der Waals surface area contributed by atoms with Crippen LogP contribution in [-0.2, 0) is 13.1 Å². The van der Waals surface area contributed by atoms with Crippen molar-refractivity contribution in [3.05, 3.63) is 52.8 Å². The van der Waals surface area contributed by atoms with Crippen LogP contribution in [0.25, 0.3) is 0 Å². The maximum absolute atomic E-state index is 5.99. The van der Waals surface area contributed by atoms with Gasteiger partial charge in [0.2, 0.25) is 0 Å². The highest BCUT2D eigenvalue weighted by molar-refractivity contribution is 6.30. The number of aromatic nitrogens is 2. The molecule has 0 radical (unpaired) electrons. The third-order valence-electron chi connectivity index (χ3n) is 2.97. The first kappa shape index (κ1) is 13.1. The summed E-state index contributed by atoms with van der Waals surface area (Å²) in [5.41, 5.74) is 2.40. The molecule has 4 heteroatoms. The molecule has 1 N–H and O–H groups in total. The summed E-state index contributed by atoms with van der Waals surface area (Å²) in [5.74, 6) is 0. The molecular weight excluding hydrogens is 246 g/mol. The Kier molecular flexibility index (Phi) is 4.39. The van der Waals surface area contributed by atoms with Crippen LogP contribution in [0.5, 0.6) is 0 Å². The van der Waals surface area contributed by atoms with E-state index in [4.69, 9.17) is 11.6 Å². The van der Waals surface area contributed by atoms with Crippen LogP contribution in [0, 0.1) is 0 Å². The lowest BCUT2D eigenvalue weighted by atomic mass is 10.1. The Labute approximate surface area is 113 Å². The molecule has 2 rings (SSSR count). The molecule has 0 bridgehead atoms. The first-order valence-corrected chi connectivity index (χ1v) is 6.57. The van der Waals surface area contributed by atoms with E-state index in [9.17, 15) is 0 Å². The van der Waals surface area contributed by atoms with Gasteiger partial charge >= 0.3 is 0 Å². The van der Waals surface area contributed by atoms with Crippen molar-refractivity contribution in [1.82, 2.24) is 15.1 Å². The molecule has 3 nitrogen and oxygen atoms in total. The summed E-state index contributed by atoms with van der Waals surface area (Å²) >= 11 is 5.99. The predicted molar refractivity (Wildman–Crippen MR) is 74.6 cm³/mol. The van der Waals surface area contributed by atoms with Gasteiger partial charge in [-0.15, -0.1) is 0 Å². The molecule has 1 atom stereocenters. The van der Waals surface area contributed by atoms with E-state index < -0.39 is 0 Å². The maximum Gasteiger partial charge on any atom is 0.0534 e. The number of benzene rings is 1. The molecule has 0 saturated carbocycles. The summed E-state index contributed by atoms with van der Waals surface area (Å²) in [6, 6.07) is 8.22. The van der Waals surface area contributed by atoms with E-state index in [-0.39, 0.29) is 6.04 Å². The monoisotopic (exact) mass is 263 g/mol. The minimum Gasteiger partial charge on any atom is -0.306 e. The normalized spacial score (nSPS) is 12.6. The lowest BCUT2D eigenvalue weighted by Crippen LogP contribution is -2.17. The van der Waals surface area contributed by atoms with E-state index in [0.29, 0.717) is 0 Å². The highest BCUT2D eigenvalue weighted by Crippen LogP contribution is 2.17. The topological polar surface area (TPSA) is 29.9 Å². The van der Waals surface area contributed by atoms with Crippen molar-refractivity contribution in [2.75, 3.05) is 0 Å². The van der Waals surface area contributed by atoms with Crippen molar-refractivity contribution >= 4 is 11.6 Å². The van der Waals surface area contributed by atoms with Crippen molar-refractivity contribution < 1.29 is 0 Å². The fraction of sp³-hybridized carbons (Fsp3) is 0.357. The second-order valence-electron chi connectivity index (χ2n) is 4.36. The van der Waals surface area contributed by atoms with Crippen LogP contribution in [0.4, 0.5) is 0 Å². The van der Waals surface area contributed by atoms with E-state index in [1.807, 2.05) is 29.1 Å². The Morgan fingerprint density at radius 3 is 2.94 bits per heavy atom. The third kappa shape index (κ3) is 3.34. The van der Waals surface area contributed by atoms with Crippen LogP contribution in [0.3, 0.4) is 0 Å². The highest BCUT2D eigenvalue weighted by Gasteiger charge is 2.06. The molecule has 1 heterocycles. The largest absolute Gasteiger partial charge is 0.306 e. The Morgan fingerprint density at radius 2 is 2.28 bits per heavy atom. The molecule has 0 unspecified atom stereocenters. The summed E-state index contributed by atoms with van der Waals surface area (Å²) < 4.78 is 1.93. The fourth-order valence-electron chi connectivity index (χ4n) is 1.84. The fourth-order valence-corrected chi connectivity index (χ4v) is 2.03. The quantitative estimate of drug-likeness (QED) is 0.896. The van der Waals surface area contributed by atoms with Gasteiger partial charge < -0.3 is 5.32 Å². The van der Waals surface area contributed by atoms with Gasteiger partial charge in [0.25, 0.3) is 0 Å². The van der Waals surface area contributed by atoms with E-state index in [1.54, 1.807) is 0 Å². The van der Waals surface area contributed by atoms with E-state index in [0.717, 1.165) is 18.1 Å². The summed E-state index contributed by atoms with van der Waals surface area (Å²) in [5, 5.41) is 8.50. The van der Waals surface area contributed by atoms with Crippen molar-refractivity contribution in [3.8, 4) is 0 Å². The number of nitrogens with one attached hydrogen (secondary N) is 1. The third-order valence-corrected chi connectivity index (χ3v) is 3.21. The van der Waals surface area contributed by atoms with Gasteiger partial charge in [0.15, 0.2) is 0 Å². The Morgan fingerprint density at radius 1 is 1.44 bits per heavy atom. The maximum atomic E-state index is 5.99. The number of aryl methyl sites for hydroxylation is 1. The van der Waals surface area contributed by atoms with Crippen LogP contribution in [0.1, 0.15) is 31.0 Å². The lowest BCUT2D eigenvalue weighted by molar-refractivity contribution is 0.574. The predicted octanol–water partition coefficient (Wildman–Crippen LogP) is 3.41. The Bertz CT molecular complexity index is 507. The lowest BCUT2D eigenvalue weighted by Gasteiger charge is -2.13. The van der Waals surface area contributed by atoms with Crippen LogP contribution in [-0.4, -0.2) is 9.78 Å². The van der Waals surface area contributed by atoms with Crippen LogP contribution in [0.15, 0.2) is 36.7 Å². The zero-order valence-electron chi connectivity index (χ0n) is 10.7. The Balaban J connectivity index is 1.93. The van der Waals surface area contributed by atoms with Gasteiger partial charge in [-0.2, -0.15) is 5.10 Å². The minimum atomic E-state index is 0.272. The average molecular weight is 264 g/mol. The van der Waals surface area contributed by atoms with Gasteiger partial charge in [-0.25, -0.2) is 0 Å². The molecule has 0 aliphatic carbocycles. The van der Waals surface area contributed by atoms with Crippen LogP contribution in [0.2, 0.25) is 5.02 Å². The van der Waals surface area contributed by atoms with Crippen molar-refractivity contribution in [2.45, 2.75) is 33.0 Å². The van der Waals surface area contributed by atoms with Gasteiger partial charge in [0.1, 0.15) is 0 Å². The van der Waals surface area contributed by atoms with Gasteiger partial charge in [-0.3, -0.25) is 4.68 Å². The van der Waals surface area contributed by atoms with Gasteiger partial charge in [0, 0.05) is 35.9 Å². The van der Waals surface area contributed by atoms with Crippen molar-refractivity contribution in [3.63, 3.8) is 0 Å². The van der Waals surface area contributed by atoms with E-state index in [1.165, 1.54) is 11.1 Å². The zero-order valence-corrected chi connectivity index (χ0v) is 11.5. The summed E-state index contributed by atoms with van der Waals surface area (Å²) in [7, 11) is 0. The molecule has 1 aromatic carbocycles. The molecular formula is C14H18ClN3. The summed E-state index contributed by atoms with van der Waals surface area (Å²) in [6.45, 7) is 5.94. The number of rotatable bonds is 5. The molecule has 18 heavy (non-hydrogen) atoms. The minimum absolute atomic E-state index is 0.272. The molecule has 0 saturated heterocycles. The van der Waals surface area contributed by atoms with Gasteiger partial charge in [-0.05, 0) is 31.5 Å². The molecule has 0 fully saturated rings. The number of nitrogens with zero attached hydrogens (tertiary/aromatic N) is 2. The number of hydrogen-bond donors (Lipinski definition) is 1.